The molecule has 4 aliphatic carbocycles. The van der Waals surface area contributed by atoms with Gasteiger partial charge in [-0.1, -0.05) is 28.1 Å². The zero-order chi connectivity index (χ0) is 16.1. The van der Waals surface area contributed by atoms with E-state index in [1.165, 1.54) is 32.1 Å². The molecule has 0 atom stereocenters. The molecule has 4 saturated carbocycles. The largest absolute Gasteiger partial charge is 0.460 e. The van der Waals surface area contributed by atoms with Gasteiger partial charge in [-0.25, -0.2) is 0 Å². The first-order valence-corrected chi connectivity index (χ1v) is 10.1. The van der Waals surface area contributed by atoms with Gasteiger partial charge in [0.25, 0.3) is 0 Å². The first kappa shape index (κ1) is 15.2. The minimum absolute atomic E-state index is 0.721. The number of hydrogen-bond donors (Lipinski definition) is 1. The number of benzene rings is 1. The molecule has 0 spiro atoms. The van der Waals surface area contributed by atoms with Crippen molar-refractivity contribution in [1.29, 1.82) is 0 Å². The monoisotopic (exact) mass is 385 g/mol. The standard InChI is InChI=1S/C21H24BrNO/c22-18-3-1-15(2-4-18)20-6-5-19(24-20)12-23-21-16-8-13-7-14(10-16)11-17(21)9-13/h1-6,13-14,16-17,21,23H,7-12H2. The third-order valence-electron chi connectivity index (χ3n) is 6.53. The van der Waals surface area contributed by atoms with Crippen LogP contribution in [0.25, 0.3) is 11.3 Å². The van der Waals surface area contributed by atoms with Gasteiger partial charge in [0, 0.05) is 16.1 Å². The summed E-state index contributed by atoms with van der Waals surface area (Å²) in [6, 6.07) is 13.3. The van der Waals surface area contributed by atoms with Crippen molar-refractivity contribution < 1.29 is 4.42 Å². The Kier molecular flexibility index (Phi) is 3.82. The summed E-state index contributed by atoms with van der Waals surface area (Å²) < 4.78 is 7.17. The van der Waals surface area contributed by atoms with Gasteiger partial charge in [0.2, 0.25) is 0 Å². The third-order valence-corrected chi connectivity index (χ3v) is 7.06. The van der Waals surface area contributed by atoms with Crippen LogP contribution >= 0.6 is 15.9 Å². The number of furan rings is 1. The molecule has 126 valence electrons. The van der Waals surface area contributed by atoms with Gasteiger partial charge >= 0.3 is 0 Å². The zero-order valence-corrected chi connectivity index (χ0v) is 15.5. The molecule has 0 saturated heterocycles. The van der Waals surface area contributed by atoms with Crippen molar-refractivity contribution in [3.8, 4) is 11.3 Å². The van der Waals surface area contributed by atoms with Gasteiger partial charge < -0.3 is 9.73 Å². The minimum Gasteiger partial charge on any atom is -0.460 e. The molecule has 1 aromatic carbocycles. The predicted molar refractivity (Wildman–Crippen MR) is 99.5 cm³/mol. The summed E-state index contributed by atoms with van der Waals surface area (Å²) in [4.78, 5) is 0. The van der Waals surface area contributed by atoms with Gasteiger partial charge in [0.15, 0.2) is 0 Å². The molecule has 1 N–H and O–H groups in total. The van der Waals surface area contributed by atoms with Crippen LogP contribution in [0.1, 0.15) is 37.9 Å². The fourth-order valence-corrected chi connectivity index (χ4v) is 5.98. The van der Waals surface area contributed by atoms with Crippen LogP contribution in [0.15, 0.2) is 45.3 Å². The van der Waals surface area contributed by atoms with Gasteiger partial charge in [-0.2, -0.15) is 0 Å². The Morgan fingerprint density at radius 1 is 0.875 bits per heavy atom. The van der Waals surface area contributed by atoms with Crippen molar-refractivity contribution in [2.24, 2.45) is 23.7 Å². The third kappa shape index (κ3) is 2.76. The van der Waals surface area contributed by atoms with E-state index in [1.807, 2.05) is 0 Å². The number of nitrogens with one attached hydrogen (secondary N) is 1. The average molecular weight is 386 g/mol. The summed E-state index contributed by atoms with van der Waals surface area (Å²) in [5, 5.41) is 3.85. The summed E-state index contributed by atoms with van der Waals surface area (Å²) in [6.07, 6.45) is 7.38. The normalized spacial score (nSPS) is 34.0. The molecule has 4 bridgehead atoms. The van der Waals surface area contributed by atoms with Gasteiger partial charge in [-0.3, -0.25) is 0 Å². The van der Waals surface area contributed by atoms with Gasteiger partial charge in [-0.05, 0) is 80.0 Å². The highest BCUT2D eigenvalue weighted by Crippen LogP contribution is 2.53. The van der Waals surface area contributed by atoms with Crippen LogP contribution in [0.2, 0.25) is 0 Å². The zero-order valence-electron chi connectivity index (χ0n) is 13.9. The molecule has 0 aliphatic heterocycles. The summed E-state index contributed by atoms with van der Waals surface area (Å²) in [6.45, 7) is 0.865. The maximum absolute atomic E-state index is 6.07. The fraction of sp³-hybridized carbons (Fsp3) is 0.524. The lowest BCUT2D eigenvalue weighted by Gasteiger charge is -2.54. The van der Waals surface area contributed by atoms with E-state index in [1.54, 1.807) is 0 Å². The Bertz CT molecular complexity index is 692. The molecule has 4 fully saturated rings. The molecule has 1 heterocycles. The molecule has 24 heavy (non-hydrogen) atoms. The van der Waals surface area contributed by atoms with Crippen molar-refractivity contribution in [1.82, 2.24) is 5.32 Å². The molecular formula is C21H24BrNO. The molecule has 6 rings (SSSR count). The lowest BCUT2D eigenvalue weighted by molar-refractivity contribution is -0.0147. The van der Waals surface area contributed by atoms with Crippen LogP contribution in [-0.2, 0) is 6.54 Å². The second-order valence-corrected chi connectivity index (χ2v) is 9.03. The molecule has 0 unspecified atom stereocenters. The maximum atomic E-state index is 6.07. The van der Waals surface area contributed by atoms with Crippen LogP contribution in [0.5, 0.6) is 0 Å². The lowest BCUT2D eigenvalue weighted by atomic mass is 9.54. The minimum atomic E-state index is 0.721. The number of hydrogen-bond acceptors (Lipinski definition) is 2. The van der Waals surface area contributed by atoms with E-state index >= 15 is 0 Å². The fourth-order valence-electron chi connectivity index (χ4n) is 5.72. The molecule has 0 radical (unpaired) electrons. The molecule has 2 aromatic rings. The summed E-state index contributed by atoms with van der Waals surface area (Å²) in [5.41, 5.74) is 1.14. The highest BCUT2D eigenvalue weighted by molar-refractivity contribution is 9.10. The highest BCUT2D eigenvalue weighted by Gasteiger charge is 2.47. The van der Waals surface area contributed by atoms with Crippen molar-refractivity contribution in [2.75, 3.05) is 0 Å². The first-order valence-electron chi connectivity index (χ1n) is 9.32. The van der Waals surface area contributed by atoms with Gasteiger partial charge in [0.1, 0.15) is 11.5 Å². The van der Waals surface area contributed by atoms with E-state index in [2.05, 4.69) is 57.6 Å². The smallest absolute Gasteiger partial charge is 0.134 e. The van der Waals surface area contributed by atoms with Crippen molar-refractivity contribution in [3.05, 3.63) is 46.6 Å². The molecule has 1 aromatic heterocycles. The molecular weight excluding hydrogens is 362 g/mol. The van der Waals surface area contributed by atoms with E-state index in [4.69, 9.17) is 4.42 Å². The maximum Gasteiger partial charge on any atom is 0.134 e. The van der Waals surface area contributed by atoms with Crippen LogP contribution in [0, 0.1) is 23.7 Å². The summed E-state index contributed by atoms with van der Waals surface area (Å²) in [5.74, 6) is 5.94. The van der Waals surface area contributed by atoms with Crippen molar-refractivity contribution in [3.63, 3.8) is 0 Å². The van der Waals surface area contributed by atoms with Crippen molar-refractivity contribution in [2.45, 2.75) is 44.7 Å². The Morgan fingerprint density at radius 3 is 2.21 bits per heavy atom. The number of halogens is 1. The van der Waals surface area contributed by atoms with Gasteiger partial charge in [-0.15, -0.1) is 0 Å². The molecule has 2 nitrogen and oxygen atoms in total. The van der Waals surface area contributed by atoms with Crippen LogP contribution < -0.4 is 5.32 Å². The molecule has 4 aliphatic rings. The average Bonchev–Trinajstić information content (AvgIpc) is 3.03. The SMILES string of the molecule is Brc1ccc(-c2ccc(CNC3C4CC5CC(C4)CC3C5)o2)cc1. The topological polar surface area (TPSA) is 25.2 Å². The predicted octanol–water partition coefficient (Wildman–Crippen LogP) is 5.62. The first-order chi connectivity index (χ1) is 11.7. The van der Waals surface area contributed by atoms with Crippen LogP contribution in [0.3, 0.4) is 0 Å². The Labute approximate surface area is 152 Å². The summed E-state index contributed by atoms with van der Waals surface area (Å²) >= 11 is 3.48. The van der Waals surface area contributed by atoms with Gasteiger partial charge in [0.05, 0.1) is 6.54 Å². The van der Waals surface area contributed by atoms with E-state index in [0.29, 0.717) is 0 Å². The van der Waals surface area contributed by atoms with E-state index < -0.39 is 0 Å². The Morgan fingerprint density at radius 2 is 1.54 bits per heavy atom. The Hall–Kier alpha value is -1.06. The highest BCUT2D eigenvalue weighted by atomic mass is 79.9. The van der Waals surface area contributed by atoms with E-state index in [9.17, 15) is 0 Å². The second-order valence-electron chi connectivity index (χ2n) is 8.11. The van der Waals surface area contributed by atoms with Crippen LogP contribution in [-0.4, -0.2) is 6.04 Å². The second kappa shape index (κ2) is 6.03. The quantitative estimate of drug-likeness (QED) is 0.738. The van der Waals surface area contributed by atoms with Crippen molar-refractivity contribution >= 4 is 15.9 Å². The van der Waals surface area contributed by atoms with E-state index in [0.717, 1.165) is 57.8 Å². The summed E-state index contributed by atoms with van der Waals surface area (Å²) in [7, 11) is 0. The Balaban J connectivity index is 1.25. The van der Waals surface area contributed by atoms with E-state index in [-0.39, 0.29) is 0 Å². The number of rotatable bonds is 4. The lowest BCUT2D eigenvalue weighted by Crippen LogP contribution is -2.54. The molecule has 0 amide bonds. The molecule has 3 heteroatoms. The van der Waals surface area contributed by atoms with Crippen LogP contribution in [0.4, 0.5) is 0 Å².